The van der Waals surface area contributed by atoms with E-state index >= 15 is 0 Å². The average Bonchev–Trinajstić information content (AvgIpc) is 3.35. The van der Waals surface area contributed by atoms with E-state index < -0.39 is 0 Å². The molecule has 168 valence electrons. The lowest BCUT2D eigenvalue weighted by atomic mass is 10.1. The van der Waals surface area contributed by atoms with Crippen LogP contribution in [0, 0.1) is 0 Å². The number of para-hydroxylation sites is 2. The van der Waals surface area contributed by atoms with E-state index in [1.807, 2.05) is 71.4 Å². The van der Waals surface area contributed by atoms with Gasteiger partial charge in [0.1, 0.15) is 6.54 Å². The van der Waals surface area contributed by atoms with E-state index in [1.165, 1.54) is 4.90 Å². The summed E-state index contributed by atoms with van der Waals surface area (Å²) in [6.07, 6.45) is 3.58. The number of anilines is 1. The molecule has 0 spiro atoms. The standard InChI is InChI=1S/C27H21N3O3S/c31-25(28-16-19-9-3-1-4-10-19)18-29-17-20(22-13-7-8-14-23(22)29)15-24-26(32)30(27(33)34-24)21-11-5-2-6-12-21/h1-15,17H,16,18H2,(H,28,31)/b24-15-. The van der Waals surface area contributed by atoms with Crippen molar-refractivity contribution in [2.24, 2.45) is 0 Å². The minimum atomic E-state index is -0.348. The van der Waals surface area contributed by atoms with Crippen molar-refractivity contribution in [1.82, 2.24) is 9.88 Å². The quantitative estimate of drug-likeness (QED) is 0.396. The zero-order valence-corrected chi connectivity index (χ0v) is 19.0. The first kappa shape index (κ1) is 21.7. The van der Waals surface area contributed by atoms with Gasteiger partial charge in [0.05, 0.1) is 10.6 Å². The molecular formula is C27H21N3O3S. The highest BCUT2D eigenvalue weighted by Crippen LogP contribution is 2.36. The molecule has 1 N–H and O–H groups in total. The van der Waals surface area contributed by atoms with Crippen molar-refractivity contribution in [3.8, 4) is 0 Å². The Balaban J connectivity index is 1.39. The van der Waals surface area contributed by atoms with Gasteiger partial charge in [-0.05, 0) is 41.6 Å². The maximum atomic E-state index is 13.0. The second kappa shape index (κ2) is 9.41. The van der Waals surface area contributed by atoms with Gasteiger partial charge in [0.2, 0.25) is 5.91 Å². The van der Waals surface area contributed by atoms with Crippen LogP contribution in [-0.4, -0.2) is 21.6 Å². The number of carbonyl (C=O) groups is 3. The molecule has 1 aliphatic rings. The Labute approximate surface area is 200 Å². The first-order valence-electron chi connectivity index (χ1n) is 10.8. The van der Waals surface area contributed by atoms with Gasteiger partial charge in [-0.25, -0.2) is 4.90 Å². The number of nitrogens with one attached hydrogen (secondary N) is 1. The Morgan fingerprint density at radius 3 is 2.32 bits per heavy atom. The van der Waals surface area contributed by atoms with E-state index in [2.05, 4.69) is 5.32 Å². The molecule has 0 unspecified atom stereocenters. The summed E-state index contributed by atoms with van der Waals surface area (Å²) in [5.74, 6) is -0.459. The number of hydrogen-bond donors (Lipinski definition) is 1. The summed E-state index contributed by atoms with van der Waals surface area (Å²) in [6.45, 7) is 0.602. The smallest absolute Gasteiger partial charge is 0.298 e. The molecule has 4 aromatic rings. The average molecular weight is 468 g/mol. The number of benzene rings is 3. The van der Waals surface area contributed by atoms with Crippen LogP contribution in [0.25, 0.3) is 17.0 Å². The molecule has 0 bridgehead atoms. The predicted octanol–water partition coefficient (Wildman–Crippen LogP) is 5.20. The van der Waals surface area contributed by atoms with Crippen molar-refractivity contribution in [1.29, 1.82) is 0 Å². The number of imide groups is 1. The number of aromatic nitrogens is 1. The molecule has 3 aromatic carbocycles. The Kier molecular flexibility index (Phi) is 6.01. The third kappa shape index (κ3) is 4.38. The van der Waals surface area contributed by atoms with Gasteiger partial charge in [-0.15, -0.1) is 0 Å². The first-order valence-corrected chi connectivity index (χ1v) is 11.6. The Morgan fingerprint density at radius 1 is 0.882 bits per heavy atom. The van der Waals surface area contributed by atoms with E-state index in [0.29, 0.717) is 17.1 Å². The molecule has 0 radical (unpaired) electrons. The lowest BCUT2D eigenvalue weighted by molar-refractivity contribution is -0.121. The summed E-state index contributed by atoms with van der Waals surface area (Å²) >= 11 is 0.919. The molecule has 3 amide bonds. The molecule has 7 heteroatoms. The molecule has 1 aliphatic heterocycles. The van der Waals surface area contributed by atoms with Gasteiger partial charge in [-0.3, -0.25) is 14.4 Å². The van der Waals surface area contributed by atoms with Crippen LogP contribution in [0.4, 0.5) is 10.5 Å². The highest BCUT2D eigenvalue weighted by molar-refractivity contribution is 8.19. The molecule has 0 atom stereocenters. The summed E-state index contributed by atoms with van der Waals surface area (Å²) < 4.78 is 1.86. The van der Waals surface area contributed by atoms with E-state index in [9.17, 15) is 14.4 Å². The van der Waals surface area contributed by atoms with Crippen molar-refractivity contribution in [3.63, 3.8) is 0 Å². The molecule has 2 heterocycles. The van der Waals surface area contributed by atoms with Gasteiger partial charge in [-0.1, -0.05) is 66.7 Å². The molecule has 34 heavy (non-hydrogen) atoms. The molecule has 1 aromatic heterocycles. The summed E-state index contributed by atoms with van der Waals surface area (Å²) in [5, 5.41) is 3.53. The largest absolute Gasteiger partial charge is 0.350 e. The molecule has 6 nitrogen and oxygen atoms in total. The number of rotatable bonds is 6. The minimum Gasteiger partial charge on any atom is -0.350 e. The fourth-order valence-electron chi connectivity index (χ4n) is 3.94. The Morgan fingerprint density at radius 2 is 1.56 bits per heavy atom. The lowest BCUT2D eigenvalue weighted by Gasteiger charge is -2.11. The zero-order valence-electron chi connectivity index (χ0n) is 18.2. The van der Waals surface area contributed by atoms with E-state index in [0.717, 1.165) is 33.8 Å². The van der Waals surface area contributed by atoms with Crippen molar-refractivity contribution >= 4 is 51.5 Å². The van der Waals surface area contributed by atoms with E-state index in [4.69, 9.17) is 0 Å². The lowest BCUT2D eigenvalue weighted by Crippen LogP contribution is -2.27. The Bertz CT molecular complexity index is 1410. The van der Waals surface area contributed by atoms with Crippen LogP contribution in [0.3, 0.4) is 0 Å². The summed E-state index contributed by atoms with van der Waals surface area (Å²) in [6, 6.07) is 26.3. The number of carbonyl (C=O) groups excluding carboxylic acids is 3. The van der Waals surface area contributed by atoms with Crippen molar-refractivity contribution in [2.45, 2.75) is 13.1 Å². The van der Waals surface area contributed by atoms with Crippen molar-refractivity contribution in [2.75, 3.05) is 4.90 Å². The molecule has 0 saturated carbocycles. The van der Waals surface area contributed by atoms with E-state index in [-0.39, 0.29) is 23.6 Å². The monoisotopic (exact) mass is 467 g/mol. The van der Waals surface area contributed by atoms with Gasteiger partial charge in [0.25, 0.3) is 11.1 Å². The molecular weight excluding hydrogens is 446 g/mol. The van der Waals surface area contributed by atoms with Crippen LogP contribution in [0.1, 0.15) is 11.1 Å². The van der Waals surface area contributed by atoms with Gasteiger partial charge in [0, 0.05) is 29.2 Å². The second-order valence-electron chi connectivity index (χ2n) is 7.84. The van der Waals surface area contributed by atoms with Crippen LogP contribution < -0.4 is 10.2 Å². The van der Waals surface area contributed by atoms with Gasteiger partial charge in [-0.2, -0.15) is 0 Å². The zero-order chi connectivity index (χ0) is 23.5. The number of nitrogens with zero attached hydrogens (tertiary/aromatic N) is 2. The topological polar surface area (TPSA) is 71.4 Å². The van der Waals surface area contributed by atoms with Crippen LogP contribution in [0.15, 0.2) is 96.0 Å². The number of amides is 3. The number of hydrogen-bond acceptors (Lipinski definition) is 4. The normalized spacial score (nSPS) is 14.8. The molecule has 0 aliphatic carbocycles. The van der Waals surface area contributed by atoms with Crippen LogP contribution >= 0.6 is 11.8 Å². The number of fused-ring (bicyclic) bond motifs is 1. The fourth-order valence-corrected chi connectivity index (χ4v) is 4.77. The number of thioether (sulfide) groups is 1. The van der Waals surface area contributed by atoms with Crippen molar-refractivity contribution in [3.05, 3.63) is 107 Å². The van der Waals surface area contributed by atoms with Crippen LogP contribution in [-0.2, 0) is 22.7 Å². The SMILES string of the molecule is O=C(Cn1cc(/C=C2\SC(=O)N(c3ccccc3)C2=O)c2ccccc21)NCc1ccccc1. The highest BCUT2D eigenvalue weighted by Gasteiger charge is 2.36. The third-order valence-electron chi connectivity index (χ3n) is 5.56. The van der Waals surface area contributed by atoms with E-state index in [1.54, 1.807) is 30.3 Å². The first-order chi connectivity index (χ1) is 16.6. The maximum Gasteiger partial charge on any atom is 0.298 e. The fraction of sp³-hybridized carbons (Fsp3) is 0.0741. The highest BCUT2D eigenvalue weighted by atomic mass is 32.2. The van der Waals surface area contributed by atoms with Crippen molar-refractivity contribution < 1.29 is 14.4 Å². The molecule has 1 saturated heterocycles. The Hall–Kier alpha value is -4.10. The maximum absolute atomic E-state index is 13.0. The van der Waals surface area contributed by atoms with Crippen LogP contribution in [0.5, 0.6) is 0 Å². The second-order valence-corrected chi connectivity index (χ2v) is 8.84. The van der Waals surface area contributed by atoms with Gasteiger partial charge in [0.15, 0.2) is 0 Å². The van der Waals surface area contributed by atoms with Crippen LogP contribution in [0.2, 0.25) is 0 Å². The third-order valence-corrected chi connectivity index (χ3v) is 6.43. The summed E-state index contributed by atoms with van der Waals surface area (Å²) in [7, 11) is 0. The molecule has 5 rings (SSSR count). The summed E-state index contributed by atoms with van der Waals surface area (Å²) in [5.41, 5.74) is 3.24. The summed E-state index contributed by atoms with van der Waals surface area (Å²) in [4.78, 5) is 39.7. The minimum absolute atomic E-state index is 0.111. The van der Waals surface area contributed by atoms with Gasteiger partial charge < -0.3 is 9.88 Å². The van der Waals surface area contributed by atoms with Gasteiger partial charge >= 0.3 is 0 Å². The predicted molar refractivity (Wildman–Crippen MR) is 135 cm³/mol. The molecule has 1 fully saturated rings.